The van der Waals surface area contributed by atoms with Crippen LogP contribution in [0.2, 0.25) is 0 Å². The van der Waals surface area contributed by atoms with Gasteiger partial charge in [-0.15, -0.1) is 0 Å². The molecule has 0 saturated carbocycles. The van der Waals surface area contributed by atoms with Gasteiger partial charge in [-0.25, -0.2) is 0 Å². The van der Waals surface area contributed by atoms with Crippen LogP contribution < -0.4 is 14.8 Å². The zero-order valence-corrected chi connectivity index (χ0v) is 14.2. The van der Waals surface area contributed by atoms with E-state index < -0.39 is 0 Å². The average molecular weight is 293 g/mol. The van der Waals surface area contributed by atoms with Crippen LogP contribution in [-0.2, 0) is 0 Å². The van der Waals surface area contributed by atoms with Crippen molar-refractivity contribution in [2.45, 2.75) is 52.5 Å². The standard InChI is InChI=1S/C18H31NO2/c1-6-8-9-15(7-2)13-19-14(3)17-11-10-16(20-4)12-18(17)21-5/h10-12,14-15,19H,6-9,13H2,1-5H3. The van der Waals surface area contributed by atoms with E-state index in [0.717, 1.165) is 24.0 Å². The maximum Gasteiger partial charge on any atom is 0.127 e. The highest BCUT2D eigenvalue weighted by Crippen LogP contribution is 2.29. The SMILES string of the molecule is CCCCC(CC)CNC(C)c1ccc(OC)cc1OC. The smallest absolute Gasteiger partial charge is 0.127 e. The molecule has 0 bridgehead atoms. The van der Waals surface area contributed by atoms with Gasteiger partial charge in [0.15, 0.2) is 0 Å². The van der Waals surface area contributed by atoms with E-state index in [0.29, 0.717) is 0 Å². The molecule has 0 amide bonds. The Labute approximate surface area is 130 Å². The van der Waals surface area contributed by atoms with Gasteiger partial charge in [-0.1, -0.05) is 39.2 Å². The summed E-state index contributed by atoms with van der Waals surface area (Å²) in [5, 5.41) is 3.65. The Kier molecular flexibility index (Phi) is 8.21. The number of nitrogens with one attached hydrogen (secondary N) is 1. The normalized spacial score (nSPS) is 13.8. The minimum Gasteiger partial charge on any atom is -0.497 e. The summed E-state index contributed by atoms with van der Waals surface area (Å²) in [4.78, 5) is 0. The number of hydrogen-bond acceptors (Lipinski definition) is 3. The Bertz CT molecular complexity index is 406. The molecule has 0 aliphatic rings. The highest BCUT2D eigenvalue weighted by Gasteiger charge is 2.14. The van der Waals surface area contributed by atoms with Crippen LogP contribution in [0.5, 0.6) is 11.5 Å². The lowest BCUT2D eigenvalue weighted by atomic mass is 9.98. The van der Waals surface area contributed by atoms with E-state index in [1.54, 1.807) is 14.2 Å². The van der Waals surface area contributed by atoms with Gasteiger partial charge >= 0.3 is 0 Å². The molecule has 0 aliphatic carbocycles. The molecule has 0 aliphatic heterocycles. The van der Waals surface area contributed by atoms with Crippen LogP contribution in [-0.4, -0.2) is 20.8 Å². The zero-order valence-electron chi connectivity index (χ0n) is 14.2. The fourth-order valence-corrected chi connectivity index (χ4v) is 2.57. The Morgan fingerprint density at radius 1 is 1.14 bits per heavy atom. The molecule has 0 saturated heterocycles. The number of unbranched alkanes of at least 4 members (excludes halogenated alkanes) is 1. The van der Waals surface area contributed by atoms with E-state index in [-0.39, 0.29) is 6.04 Å². The van der Waals surface area contributed by atoms with Crippen LogP contribution >= 0.6 is 0 Å². The number of rotatable bonds is 10. The largest absolute Gasteiger partial charge is 0.497 e. The molecule has 1 aromatic rings. The van der Waals surface area contributed by atoms with Gasteiger partial charge in [-0.05, 0) is 31.9 Å². The predicted octanol–water partition coefficient (Wildman–Crippen LogP) is 4.57. The molecule has 0 heterocycles. The van der Waals surface area contributed by atoms with Crippen LogP contribution in [0.25, 0.3) is 0 Å². The first kappa shape index (κ1) is 17.8. The number of benzene rings is 1. The Balaban J connectivity index is 2.64. The van der Waals surface area contributed by atoms with Crippen molar-refractivity contribution in [3.8, 4) is 11.5 Å². The zero-order chi connectivity index (χ0) is 15.7. The first-order valence-corrected chi connectivity index (χ1v) is 8.11. The second-order valence-corrected chi connectivity index (χ2v) is 5.65. The number of hydrogen-bond donors (Lipinski definition) is 1. The highest BCUT2D eigenvalue weighted by atomic mass is 16.5. The van der Waals surface area contributed by atoms with Gasteiger partial charge in [0.25, 0.3) is 0 Å². The van der Waals surface area contributed by atoms with E-state index in [1.807, 2.05) is 12.1 Å². The topological polar surface area (TPSA) is 30.5 Å². The third-order valence-electron chi connectivity index (χ3n) is 4.16. The van der Waals surface area contributed by atoms with Crippen molar-refractivity contribution in [3.63, 3.8) is 0 Å². The molecule has 3 heteroatoms. The van der Waals surface area contributed by atoms with E-state index in [1.165, 1.54) is 31.2 Å². The lowest BCUT2D eigenvalue weighted by molar-refractivity contribution is 0.374. The van der Waals surface area contributed by atoms with E-state index in [9.17, 15) is 0 Å². The highest BCUT2D eigenvalue weighted by molar-refractivity contribution is 5.42. The summed E-state index contributed by atoms with van der Waals surface area (Å²) in [5.41, 5.74) is 1.18. The Morgan fingerprint density at radius 2 is 1.90 bits per heavy atom. The summed E-state index contributed by atoms with van der Waals surface area (Å²) in [6, 6.07) is 6.30. The molecule has 120 valence electrons. The molecule has 1 N–H and O–H groups in total. The molecule has 0 radical (unpaired) electrons. The lowest BCUT2D eigenvalue weighted by Crippen LogP contribution is -2.26. The number of methoxy groups -OCH3 is 2. The molecule has 0 fully saturated rings. The second-order valence-electron chi connectivity index (χ2n) is 5.65. The molecule has 3 nitrogen and oxygen atoms in total. The molecule has 0 spiro atoms. The summed E-state index contributed by atoms with van der Waals surface area (Å²) < 4.78 is 10.7. The minimum absolute atomic E-state index is 0.279. The van der Waals surface area contributed by atoms with Crippen molar-refractivity contribution in [2.24, 2.45) is 5.92 Å². The molecule has 0 aromatic heterocycles. The third kappa shape index (κ3) is 5.58. The van der Waals surface area contributed by atoms with Crippen molar-refractivity contribution < 1.29 is 9.47 Å². The Morgan fingerprint density at radius 3 is 2.48 bits per heavy atom. The quantitative estimate of drug-likeness (QED) is 0.685. The lowest BCUT2D eigenvalue weighted by Gasteiger charge is -2.21. The maximum atomic E-state index is 5.49. The summed E-state index contributed by atoms with van der Waals surface area (Å²) >= 11 is 0. The summed E-state index contributed by atoms with van der Waals surface area (Å²) in [5.74, 6) is 2.48. The molecule has 21 heavy (non-hydrogen) atoms. The summed E-state index contributed by atoms with van der Waals surface area (Å²) in [6.45, 7) is 7.79. The van der Waals surface area contributed by atoms with E-state index in [2.05, 4.69) is 32.2 Å². The average Bonchev–Trinajstić information content (AvgIpc) is 2.54. The molecule has 2 unspecified atom stereocenters. The Hall–Kier alpha value is -1.22. The van der Waals surface area contributed by atoms with Gasteiger partial charge in [-0.2, -0.15) is 0 Å². The molecular formula is C18H31NO2. The van der Waals surface area contributed by atoms with Gasteiger partial charge in [0.05, 0.1) is 14.2 Å². The van der Waals surface area contributed by atoms with Gasteiger partial charge in [-0.3, -0.25) is 0 Å². The van der Waals surface area contributed by atoms with Crippen LogP contribution in [0.4, 0.5) is 0 Å². The van der Waals surface area contributed by atoms with Crippen LogP contribution in [0, 0.1) is 5.92 Å². The van der Waals surface area contributed by atoms with E-state index in [4.69, 9.17) is 9.47 Å². The molecule has 1 rings (SSSR count). The van der Waals surface area contributed by atoms with Crippen LogP contribution in [0.3, 0.4) is 0 Å². The van der Waals surface area contributed by atoms with Crippen molar-refractivity contribution in [1.29, 1.82) is 0 Å². The van der Waals surface area contributed by atoms with Crippen molar-refractivity contribution in [2.75, 3.05) is 20.8 Å². The molecule has 1 aromatic carbocycles. The summed E-state index contributed by atoms with van der Waals surface area (Å²) in [6.07, 6.45) is 5.14. The predicted molar refractivity (Wildman–Crippen MR) is 89.3 cm³/mol. The van der Waals surface area contributed by atoms with Gasteiger partial charge in [0, 0.05) is 17.7 Å². The fourth-order valence-electron chi connectivity index (χ4n) is 2.57. The first-order chi connectivity index (χ1) is 10.2. The maximum absolute atomic E-state index is 5.49. The fraction of sp³-hybridized carbons (Fsp3) is 0.667. The third-order valence-corrected chi connectivity index (χ3v) is 4.16. The van der Waals surface area contributed by atoms with Crippen LogP contribution in [0.1, 0.15) is 58.1 Å². The molecule has 2 atom stereocenters. The monoisotopic (exact) mass is 293 g/mol. The van der Waals surface area contributed by atoms with Crippen molar-refractivity contribution >= 4 is 0 Å². The minimum atomic E-state index is 0.279. The second kappa shape index (κ2) is 9.67. The van der Waals surface area contributed by atoms with Crippen molar-refractivity contribution in [3.05, 3.63) is 23.8 Å². The van der Waals surface area contributed by atoms with Gasteiger partial charge < -0.3 is 14.8 Å². The van der Waals surface area contributed by atoms with Crippen LogP contribution in [0.15, 0.2) is 18.2 Å². The first-order valence-electron chi connectivity index (χ1n) is 8.11. The van der Waals surface area contributed by atoms with Gasteiger partial charge in [0.2, 0.25) is 0 Å². The van der Waals surface area contributed by atoms with Gasteiger partial charge in [0.1, 0.15) is 11.5 Å². The number of ether oxygens (including phenoxy) is 2. The van der Waals surface area contributed by atoms with E-state index >= 15 is 0 Å². The summed E-state index contributed by atoms with van der Waals surface area (Å²) in [7, 11) is 3.39. The van der Waals surface area contributed by atoms with Crippen molar-refractivity contribution in [1.82, 2.24) is 5.32 Å². The molecular weight excluding hydrogens is 262 g/mol.